The maximum Gasteiger partial charge on any atom is 0.573 e. The molecule has 1 aromatic heterocycles. The Morgan fingerprint density at radius 1 is 1.17 bits per heavy atom. The molecule has 1 aliphatic rings. The lowest BCUT2D eigenvalue weighted by Gasteiger charge is -2.36. The molecule has 3 aromatic rings. The number of urea groups is 1. The Bertz CT molecular complexity index is 1180. The number of para-hydroxylation sites is 1. The van der Waals surface area contributed by atoms with Crippen molar-refractivity contribution in [2.24, 2.45) is 0 Å². The topological polar surface area (TPSA) is 96.6 Å². The number of aromatic amines is 1. The molecule has 11 heteroatoms. The first-order chi connectivity index (χ1) is 16.8. The molecule has 0 radical (unpaired) electrons. The van der Waals surface area contributed by atoms with E-state index in [1.807, 2.05) is 30.3 Å². The second kappa shape index (κ2) is 10.1. The zero-order valence-corrected chi connectivity index (χ0v) is 18.7. The highest BCUT2D eigenvalue weighted by atomic mass is 19.4. The molecule has 1 aliphatic heterocycles. The Hall–Kier alpha value is -4.02. The average Bonchev–Trinajstić information content (AvgIpc) is 3.31. The van der Waals surface area contributed by atoms with E-state index in [-0.39, 0.29) is 18.5 Å². The molecule has 2 unspecified atom stereocenters. The van der Waals surface area contributed by atoms with Gasteiger partial charge in [0.15, 0.2) is 0 Å². The first kappa shape index (κ1) is 24.1. The Labute approximate surface area is 199 Å². The first-order valence-corrected chi connectivity index (χ1v) is 10.8. The lowest BCUT2D eigenvalue weighted by molar-refractivity contribution is -0.275. The Balaban J connectivity index is 1.66. The molecule has 0 bridgehead atoms. The van der Waals surface area contributed by atoms with Gasteiger partial charge in [-0.2, -0.15) is 0 Å². The van der Waals surface area contributed by atoms with Gasteiger partial charge in [0.1, 0.15) is 17.8 Å². The molecule has 2 aromatic carbocycles. The van der Waals surface area contributed by atoms with Crippen molar-refractivity contribution in [2.75, 3.05) is 13.7 Å². The molecular formula is C24H23F3N4O4. The van der Waals surface area contributed by atoms with E-state index < -0.39 is 36.2 Å². The minimum Gasteiger partial charge on any atom is -0.467 e. The summed E-state index contributed by atoms with van der Waals surface area (Å²) in [6, 6.07) is 12.1. The van der Waals surface area contributed by atoms with E-state index in [4.69, 9.17) is 4.74 Å². The molecule has 0 saturated carbocycles. The van der Waals surface area contributed by atoms with Gasteiger partial charge in [0.25, 0.3) is 0 Å². The number of nitrogens with zero attached hydrogens (tertiary/aromatic N) is 2. The van der Waals surface area contributed by atoms with Gasteiger partial charge >= 0.3 is 18.4 Å². The molecule has 0 aliphatic carbocycles. The van der Waals surface area contributed by atoms with Crippen molar-refractivity contribution in [1.29, 1.82) is 0 Å². The zero-order valence-electron chi connectivity index (χ0n) is 18.7. The van der Waals surface area contributed by atoms with Crippen LogP contribution in [0.2, 0.25) is 0 Å². The van der Waals surface area contributed by atoms with Crippen molar-refractivity contribution in [3.8, 4) is 5.75 Å². The number of nitrogens with one attached hydrogen (secondary N) is 2. The summed E-state index contributed by atoms with van der Waals surface area (Å²) in [6.07, 6.45) is -2.90. The molecule has 0 fully saturated rings. The number of halogens is 3. The van der Waals surface area contributed by atoms with E-state index in [1.165, 1.54) is 36.5 Å². The number of ether oxygens (including phenoxy) is 2. The summed E-state index contributed by atoms with van der Waals surface area (Å²) in [6.45, 7) is 0.172. The van der Waals surface area contributed by atoms with Crippen LogP contribution in [0.15, 0.2) is 60.9 Å². The molecule has 0 saturated heterocycles. The molecule has 2 N–H and O–H groups in total. The smallest absolute Gasteiger partial charge is 0.467 e. The minimum absolute atomic E-state index is 0.116. The third-order valence-electron chi connectivity index (χ3n) is 5.69. The van der Waals surface area contributed by atoms with E-state index in [0.717, 1.165) is 5.56 Å². The summed E-state index contributed by atoms with van der Waals surface area (Å²) in [5.41, 5.74) is 2.03. The van der Waals surface area contributed by atoms with Crippen molar-refractivity contribution >= 4 is 12.0 Å². The molecule has 0 spiro atoms. The Morgan fingerprint density at radius 3 is 2.60 bits per heavy atom. The highest BCUT2D eigenvalue weighted by Crippen LogP contribution is 2.39. The number of aromatic nitrogens is 2. The maximum absolute atomic E-state index is 13.4. The van der Waals surface area contributed by atoms with Gasteiger partial charge in [-0.25, -0.2) is 14.6 Å². The third kappa shape index (κ3) is 5.56. The van der Waals surface area contributed by atoms with Crippen LogP contribution < -0.4 is 10.1 Å². The number of amides is 2. The lowest BCUT2D eigenvalue weighted by Crippen LogP contribution is -2.52. The summed E-state index contributed by atoms with van der Waals surface area (Å²) < 4.78 is 48.4. The first-order valence-electron chi connectivity index (χ1n) is 10.8. The maximum atomic E-state index is 13.4. The molecule has 8 nitrogen and oxygen atoms in total. The van der Waals surface area contributed by atoms with Crippen LogP contribution in [-0.2, 0) is 22.4 Å². The van der Waals surface area contributed by atoms with Gasteiger partial charge in [-0.15, -0.1) is 13.2 Å². The van der Waals surface area contributed by atoms with Crippen LogP contribution in [0.4, 0.5) is 18.0 Å². The van der Waals surface area contributed by atoms with E-state index in [1.54, 1.807) is 6.07 Å². The average molecular weight is 488 g/mol. The molecular weight excluding hydrogens is 465 g/mol. The van der Waals surface area contributed by atoms with Gasteiger partial charge in [-0.05, 0) is 11.6 Å². The number of methoxy groups -OCH3 is 1. The molecule has 2 heterocycles. The Kier molecular flexibility index (Phi) is 6.94. The number of imidazole rings is 1. The third-order valence-corrected chi connectivity index (χ3v) is 5.69. The molecule has 184 valence electrons. The van der Waals surface area contributed by atoms with E-state index in [9.17, 15) is 22.8 Å². The van der Waals surface area contributed by atoms with Gasteiger partial charge in [0.2, 0.25) is 0 Å². The highest BCUT2D eigenvalue weighted by Gasteiger charge is 2.39. The van der Waals surface area contributed by atoms with E-state index in [2.05, 4.69) is 20.0 Å². The standard InChI is InChI=1S/C24H23F3N4O4/c1-34-22(32)18(13-15-7-3-2-4-8-15)30-23(33)31-12-11-17-20(29-14-28-17)21(31)16-9-5-6-10-19(16)35-24(25,26)27/h2-10,14,18,21H,11-13H2,1H3,(H,28,29)(H,30,33). The monoisotopic (exact) mass is 488 g/mol. The number of rotatable bonds is 6. The summed E-state index contributed by atoms with van der Waals surface area (Å²) >= 11 is 0. The van der Waals surface area contributed by atoms with Gasteiger partial charge in [0, 0.05) is 30.6 Å². The number of alkyl halides is 3. The number of carbonyl (C=O) groups excluding carboxylic acids is 2. The van der Waals surface area contributed by atoms with Gasteiger partial charge in [-0.1, -0.05) is 48.5 Å². The fourth-order valence-electron chi connectivity index (χ4n) is 4.15. The highest BCUT2D eigenvalue weighted by molar-refractivity contribution is 5.84. The SMILES string of the molecule is COC(=O)C(Cc1ccccc1)NC(=O)N1CCc2[nH]cnc2C1c1ccccc1OC(F)(F)F. The van der Waals surface area contributed by atoms with Crippen molar-refractivity contribution in [2.45, 2.75) is 31.3 Å². The van der Waals surface area contributed by atoms with E-state index in [0.29, 0.717) is 17.8 Å². The molecule has 2 atom stereocenters. The summed E-state index contributed by atoms with van der Waals surface area (Å²) in [4.78, 5) is 34.5. The zero-order chi connectivity index (χ0) is 25.0. The van der Waals surface area contributed by atoms with Crippen LogP contribution in [-0.4, -0.2) is 52.9 Å². The number of carbonyl (C=O) groups is 2. The normalized spacial score (nSPS) is 16.2. The summed E-state index contributed by atoms with van der Waals surface area (Å²) in [5.74, 6) is -1.08. The quantitative estimate of drug-likeness (QED) is 0.516. The molecule has 4 rings (SSSR count). The predicted molar refractivity (Wildman–Crippen MR) is 118 cm³/mol. The second-order valence-electron chi connectivity index (χ2n) is 7.91. The van der Waals surface area contributed by atoms with Crippen molar-refractivity contribution in [3.05, 3.63) is 83.4 Å². The van der Waals surface area contributed by atoms with Crippen LogP contribution in [0, 0.1) is 0 Å². The largest absolute Gasteiger partial charge is 0.573 e. The second-order valence-corrected chi connectivity index (χ2v) is 7.91. The van der Waals surface area contributed by atoms with Gasteiger partial charge in [-0.3, -0.25) is 0 Å². The number of hydrogen-bond donors (Lipinski definition) is 2. The number of fused-ring (bicyclic) bond motifs is 1. The summed E-state index contributed by atoms with van der Waals surface area (Å²) in [7, 11) is 1.22. The van der Waals surface area contributed by atoms with Gasteiger partial charge in [0.05, 0.1) is 19.1 Å². The molecule has 35 heavy (non-hydrogen) atoms. The lowest BCUT2D eigenvalue weighted by atomic mass is 9.95. The minimum atomic E-state index is -4.92. The van der Waals surface area contributed by atoms with Crippen molar-refractivity contribution in [1.82, 2.24) is 20.2 Å². The van der Waals surface area contributed by atoms with Gasteiger partial charge < -0.3 is 24.7 Å². The Morgan fingerprint density at radius 2 is 1.89 bits per heavy atom. The van der Waals surface area contributed by atoms with E-state index >= 15 is 0 Å². The van der Waals surface area contributed by atoms with Crippen LogP contribution in [0.3, 0.4) is 0 Å². The van der Waals surface area contributed by atoms with Crippen LogP contribution in [0.5, 0.6) is 5.75 Å². The van der Waals surface area contributed by atoms with Crippen LogP contribution >= 0.6 is 0 Å². The fraction of sp³-hybridized carbons (Fsp3) is 0.292. The van der Waals surface area contributed by atoms with Crippen LogP contribution in [0.1, 0.15) is 28.6 Å². The number of esters is 1. The summed E-state index contributed by atoms with van der Waals surface area (Å²) in [5, 5.41) is 2.69. The number of hydrogen-bond acceptors (Lipinski definition) is 5. The van der Waals surface area contributed by atoms with Crippen LogP contribution in [0.25, 0.3) is 0 Å². The number of H-pyrrole nitrogens is 1. The van der Waals surface area contributed by atoms with Crippen molar-refractivity contribution < 1.29 is 32.2 Å². The number of benzene rings is 2. The molecule has 2 amide bonds. The predicted octanol–water partition coefficient (Wildman–Crippen LogP) is 3.75. The fourth-order valence-corrected chi connectivity index (χ4v) is 4.15. The van der Waals surface area contributed by atoms with Crippen molar-refractivity contribution in [3.63, 3.8) is 0 Å².